The van der Waals surface area contributed by atoms with E-state index in [-0.39, 0.29) is 0 Å². The zero-order chi connectivity index (χ0) is 13.3. The minimum Gasteiger partial charge on any atom is -0.478 e. The quantitative estimate of drug-likeness (QED) is 0.903. The molecule has 0 aliphatic rings. The van der Waals surface area contributed by atoms with Gasteiger partial charge in [-0.3, -0.25) is 4.68 Å². The second-order valence-electron chi connectivity index (χ2n) is 4.27. The summed E-state index contributed by atoms with van der Waals surface area (Å²) < 4.78 is 1.86. The van der Waals surface area contributed by atoms with E-state index < -0.39 is 5.97 Å². The van der Waals surface area contributed by atoms with E-state index in [4.69, 9.17) is 5.11 Å². The maximum Gasteiger partial charge on any atom is 0.335 e. The second kappa shape index (κ2) is 4.64. The molecule has 1 N–H and O–H groups in total. The third-order valence-corrected chi connectivity index (χ3v) is 3.12. The average molecular weight is 244 g/mol. The van der Waals surface area contributed by atoms with Gasteiger partial charge in [0.25, 0.3) is 0 Å². The van der Waals surface area contributed by atoms with Gasteiger partial charge in [-0.15, -0.1) is 0 Å². The van der Waals surface area contributed by atoms with E-state index in [1.54, 1.807) is 12.1 Å². The number of carboxylic acids is 1. The van der Waals surface area contributed by atoms with Gasteiger partial charge in [-0.05, 0) is 38.0 Å². The van der Waals surface area contributed by atoms with E-state index in [1.165, 1.54) is 0 Å². The lowest BCUT2D eigenvalue weighted by molar-refractivity contribution is 0.0696. The molecule has 0 radical (unpaired) electrons. The van der Waals surface area contributed by atoms with Gasteiger partial charge in [0.1, 0.15) is 0 Å². The van der Waals surface area contributed by atoms with Gasteiger partial charge in [0.05, 0.1) is 11.3 Å². The predicted octanol–water partition coefficient (Wildman–Crippen LogP) is 2.89. The molecule has 1 aromatic heterocycles. The van der Waals surface area contributed by atoms with Crippen molar-refractivity contribution in [1.82, 2.24) is 9.78 Å². The third kappa shape index (κ3) is 2.01. The molecule has 0 saturated carbocycles. The van der Waals surface area contributed by atoms with Gasteiger partial charge in [-0.25, -0.2) is 4.79 Å². The maximum absolute atomic E-state index is 11.1. The highest BCUT2D eigenvalue weighted by atomic mass is 16.4. The summed E-state index contributed by atoms with van der Waals surface area (Å²) in [7, 11) is 0. The number of hydrogen-bond acceptors (Lipinski definition) is 2. The maximum atomic E-state index is 11.1. The van der Waals surface area contributed by atoms with Gasteiger partial charge < -0.3 is 5.11 Å². The average Bonchev–Trinajstić information content (AvgIpc) is 2.70. The van der Waals surface area contributed by atoms with Crippen LogP contribution in [0.3, 0.4) is 0 Å². The largest absolute Gasteiger partial charge is 0.478 e. The number of hydrogen-bond donors (Lipinski definition) is 1. The van der Waals surface area contributed by atoms with Crippen LogP contribution >= 0.6 is 0 Å². The predicted molar refractivity (Wildman–Crippen MR) is 69.8 cm³/mol. The van der Waals surface area contributed by atoms with E-state index in [0.29, 0.717) is 5.56 Å². The molecule has 18 heavy (non-hydrogen) atoms. The van der Waals surface area contributed by atoms with Crippen molar-refractivity contribution in [2.75, 3.05) is 0 Å². The van der Waals surface area contributed by atoms with Crippen LogP contribution in [-0.2, 0) is 6.54 Å². The highest BCUT2D eigenvalue weighted by Crippen LogP contribution is 2.28. The Kier molecular flexibility index (Phi) is 3.19. The van der Waals surface area contributed by atoms with Crippen LogP contribution in [0, 0.1) is 13.8 Å². The van der Waals surface area contributed by atoms with Gasteiger partial charge in [-0.1, -0.05) is 12.1 Å². The molecule has 0 fully saturated rings. The van der Waals surface area contributed by atoms with Crippen LogP contribution in [0.25, 0.3) is 11.1 Å². The molecule has 2 aromatic rings. The zero-order valence-electron chi connectivity index (χ0n) is 10.8. The number of carbonyl (C=O) groups is 1. The summed E-state index contributed by atoms with van der Waals surface area (Å²) in [5.74, 6) is -0.894. The zero-order valence-corrected chi connectivity index (χ0v) is 10.8. The monoisotopic (exact) mass is 244 g/mol. The highest BCUT2D eigenvalue weighted by molar-refractivity contribution is 5.92. The summed E-state index contributed by atoms with van der Waals surface area (Å²) in [5.41, 5.74) is 3.98. The van der Waals surface area contributed by atoms with E-state index in [2.05, 4.69) is 5.10 Å². The van der Waals surface area contributed by atoms with E-state index in [1.807, 2.05) is 37.7 Å². The fraction of sp³-hybridized carbons (Fsp3) is 0.286. The molecule has 2 rings (SSSR count). The molecule has 0 spiro atoms. The molecule has 0 unspecified atom stereocenters. The summed E-state index contributed by atoms with van der Waals surface area (Å²) >= 11 is 0. The van der Waals surface area contributed by atoms with Crippen LogP contribution in [0.1, 0.15) is 28.5 Å². The van der Waals surface area contributed by atoms with Crippen molar-refractivity contribution >= 4 is 5.97 Å². The SMILES string of the molecule is CCn1cc(-c2cccc(C(=O)O)c2C)c(C)n1. The van der Waals surface area contributed by atoms with Crippen molar-refractivity contribution in [1.29, 1.82) is 0 Å². The topological polar surface area (TPSA) is 55.1 Å². The van der Waals surface area contributed by atoms with Gasteiger partial charge >= 0.3 is 5.97 Å². The Balaban J connectivity index is 2.60. The molecule has 0 bridgehead atoms. The lowest BCUT2D eigenvalue weighted by Gasteiger charge is -2.07. The van der Waals surface area contributed by atoms with Crippen LogP contribution in [0.2, 0.25) is 0 Å². The molecule has 0 amide bonds. The van der Waals surface area contributed by atoms with Crippen molar-refractivity contribution < 1.29 is 9.90 Å². The molecule has 1 heterocycles. The lowest BCUT2D eigenvalue weighted by atomic mass is 9.97. The van der Waals surface area contributed by atoms with E-state index in [0.717, 1.165) is 28.9 Å². The Bertz CT molecular complexity index is 600. The molecule has 4 nitrogen and oxygen atoms in total. The summed E-state index contributed by atoms with van der Waals surface area (Å²) in [5, 5.41) is 13.5. The molecular formula is C14H16N2O2. The minimum absolute atomic E-state index is 0.344. The lowest BCUT2D eigenvalue weighted by Crippen LogP contribution is -2.00. The molecule has 0 atom stereocenters. The molecule has 0 aliphatic carbocycles. The second-order valence-corrected chi connectivity index (χ2v) is 4.27. The molecule has 94 valence electrons. The Labute approximate surface area is 106 Å². The number of nitrogens with zero attached hydrogens (tertiary/aromatic N) is 2. The molecule has 4 heteroatoms. The van der Waals surface area contributed by atoms with Gasteiger partial charge in [0.2, 0.25) is 0 Å². The van der Waals surface area contributed by atoms with E-state index >= 15 is 0 Å². The van der Waals surface area contributed by atoms with Gasteiger partial charge in [-0.2, -0.15) is 5.10 Å². The number of carboxylic acid groups (broad SMARTS) is 1. The molecule has 0 saturated heterocycles. The number of aromatic nitrogens is 2. The summed E-state index contributed by atoms with van der Waals surface area (Å²) in [6.07, 6.45) is 1.96. The number of rotatable bonds is 3. The van der Waals surface area contributed by atoms with Crippen molar-refractivity contribution in [2.45, 2.75) is 27.3 Å². The Hall–Kier alpha value is -2.10. The van der Waals surface area contributed by atoms with Crippen LogP contribution in [0.15, 0.2) is 24.4 Å². The van der Waals surface area contributed by atoms with Crippen molar-refractivity contribution in [3.8, 4) is 11.1 Å². The first-order valence-electron chi connectivity index (χ1n) is 5.92. The standard InChI is InChI=1S/C14H16N2O2/c1-4-16-8-13(10(3)15-16)11-6-5-7-12(9(11)2)14(17)18/h5-8H,4H2,1-3H3,(H,17,18). The smallest absolute Gasteiger partial charge is 0.335 e. The Morgan fingerprint density at radius 1 is 1.33 bits per heavy atom. The Morgan fingerprint density at radius 3 is 2.61 bits per heavy atom. The van der Waals surface area contributed by atoms with Crippen molar-refractivity contribution in [2.24, 2.45) is 0 Å². The van der Waals surface area contributed by atoms with Crippen LogP contribution in [0.5, 0.6) is 0 Å². The molecule has 0 aliphatic heterocycles. The van der Waals surface area contributed by atoms with Gasteiger partial charge in [0, 0.05) is 18.3 Å². The Morgan fingerprint density at radius 2 is 2.06 bits per heavy atom. The number of benzene rings is 1. The first kappa shape index (κ1) is 12.4. The van der Waals surface area contributed by atoms with E-state index in [9.17, 15) is 4.79 Å². The fourth-order valence-corrected chi connectivity index (χ4v) is 2.10. The normalized spacial score (nSPS) is 10.6. The van der Waals surface area contributed by atoms with Crippen LogP contribution in [-0.4, -0.2) is 20.9 Å². The van der Waals surface area contributed by atoms with Gasteiger partial charge in [0.15, 0.2) is 0 Å². The third-order valence-electron chi connectivity index (χ3n) is 3.12. The van der Waals surface area contributed by atoms with Crippen LogP contribution < -0.4 is 0 Å². The number of aryl methyl sites for hydroxylation is 2. The summed E-state index contributed by atoms with van der Waals surface area (Å²) in [6.45, 7) is 6.60. The van der Waals surface area contributed by atoms with Crippen molar-refractivity contribution in [3.63, 3.8) is 0 Å². The van der Waals surface area contributed by atoms with Crippen molar-refractivity contribution in [3.05, 3.63) is 41.2 Å². The summed E-state index contributed by atoms with van der Waals surface area (Å²) in [6, 6.07) is 5.33. The molecule has 1 aromatic carbocycles. The first-order valence-corrected chi connectivity index (χ1v) is 5.92. The number of aromatic carboxylic acids is 1. The van der Waals surface area contributed by atoms with Crippen LogP contribution in [0.4, 0.5) is 0 Å². The highest BCUT2D eigenvalue weighted by Gasteiger charge is 2.14. The summed E-state index contributed by atoms with van der Waals surface area (Å²) in [4.78, 5) is 11.1. The minimum atomic E-state index is -0.894. The first-order chi connectivity index (χ1) is 8.54. The molecular weight excluding hydrogens is 228 g/mol. The fourth-order valence-electron chi connectivity index (χ4n) is 2.10.